The number of anilines is 2. The van der Waals surface area contributed by atoms with E-state index in [2.05, 4.69) is 49.4 Å². The van der Waals surface area contributed by atoms with Crippen LogP contribution in [0.25, 0.3) is 0 Å². The maximum absolute atomic E-state index is 12.3. The Labute approximate surface area is 241 Å². The second-order valence-corrected chi connectivity index (χ2v) is 11.3. The zero-order valence-electron chi connectivity index (χ0n) is 22.3. The Balaban J connectivity index is 1.09. The lowest BCUT2D eigenvalue weighted by atomic mass is 9.99. The van der Waals surface area contributed by atoms with E-state index in [4.69, 9.17) is 23.2 Å². The molecule has 9 heteroatoms. The van der Waals surface area contributed by atoms with Crippen LogP contribution < -0.4 is 15.5 Å². The van der Waals surface area contributed by atoms with Crippen LogP contribution in [0.2, 0.25) is 10.0 Å². The van der Waals surface area contributed by atoms with Gasteiger partial charge in [0, 0.05) is 49.8 Å². The van der Waals surface area contributed by atoms with E-state index in [1.807, 2.05) is 42.5 Å². The smallest absolute Gasteiger partial charge is 0.319 e. The van der Waals surface area contributed by atoms with Crippen molar-refractivity contribution in [3.05, 3.63) is 88.0 Å². The summed E-state index contributed by atoms with van der Waals surface area (Å²) < 4.78 is 0. The van der Waals surface area contributed by atoms with Gasteiger partial charge in [0.15, 0.2) is 0 Å². The van der Waals surface area contributed by atoms with E-state index in [1.165, 1.54) is 18.4 Å². The van der Waals surface area contributed by atoms with Crippen molar-refractivity contribution in [1.82, 2.24) is 20.1 Å². The fraction of sp³-hybridized carbons (Fsp3) is 0.400. The molecule has 2 amide bonds. The van der Waals surface area contributed by atoms with Crippen molar-refractivity contribution < 1.29 is 4.79 Å². The minimum atomic E-state index is -0.286. The standard InChI is InChI=1S/C30H36Cl2N6O/c1-22-20-37(15-16-38(22)27-11-13-36(14-12-27)21-24-7-9-25(31)10-8-24)29-28(32)17-26(19-33-29)35-30(39)34-18-23-5-3-2-4-6-23/h2-10,17,19,22,27H,11-16,18,20-21H2,1H3,(H2,34,35,39)/t22-/m0/s1. The van der Waals surface area contributed by atoms with Gasteiger partial charge in [-0.2, -0.15) is 0 Å². The molecule has 0 aliphatic carbocycles. The Hall–Kier alpha value is -2.84. The molecule has 0 bridgehead atoms. The van der Waals surface area contributed by atoms with Gasteiger partial charge in [-0.1, -0.05) is 65.7 Å². The molecule has 0 spiro atoms. The van der Waals surface area contributed by atoms with Crippen LogP contribution in [-0.2, 0) is 13.1 Å². The molecule has 2 N–H and O–H groups in total. The number of nitrogens with one attached hydrogen (secondary N) is 2. The second-order valence-electron chi connectivity index (χ2n) is 10.5. The van der Waals surface area contributed by atoms with Gasteiger partial charge in [0.2, 0.25) is 0 Å². The van der Waals surface area contributed by atoms with Crippen LogP contribution >= 0.6 is 23.2 Å². The summed E-state index contributed by atoms with van der Waals surface area (Å²) in [6.45, 7) is 8.71. The number of piperidine rings is 1. The normalized spacial score (nSPS) is 19.2. The minimum absolute atomic E-state index is 0.286. The number of urea groups is 1. The number of rotatable bonds is 7. The summed E-state index contributed by atoms with van der Waals surface area (Å²) >= 11 is 12.7. The first-order chi connectivity index (χ1) is 18.9. The van der Waals surface area contributed by atoms with Crippen molar-refractivity contribution in [3.8, 4) is 0 Å². The number of amides is 2. The van der Waals surface area contributed by atoms with Gasteiger partial charge >= 0.3 is 6.03 Å². The largest absolute Gasteiger partial charge is 0.353 e. The average Bonchev–Trinajstić information content (AvgIpc) is 2.94. The molecule has 206 valence electrons. The molecule has 2 aliphatic heterocycles. The Morgan fingerprint density at radius 3 is 2.41 bits per heavy atom. The third-order valence-corrected chi connectivity index (χ3v) is 8.23. The summed E-state index contributed by atoms with van der Waals surface area (Å²) in [6, 6.07) is 20.5. The maximum Gasteiger partial charge on any atom is 0.319 e. The predicted octanol–water partition coefficient (Wildman–Crippen LogP) is 5.89. The Bertz CT molecular complexity index is 1230. The van der Waals surface area contributed by atoms with E-state index in [0.717, 1.165) is 55.7 Å². The number of halogens is 2. The molecular weight excluding hydrogens is 531 g/mol. The molecule has 0 radical (unpaired) electrons. The minimum Gasteiger partial charge on any atom is -0.353 e. The van der Waals surface area contributed by atoms with Crippen LogP contribution in [-0.4, -0.2) is 65.6 Å². The van der Waals surface area contributed by atoms with Gasteiger partial charge in [-0.25, -0.2) is 9.78 Å². The first kappa shape index (κ1) is 27.7. The van der Waals surface area contributed by atoms with Crippen LogP contribution in [0, 0.1) is 0 Å². The van der Waals surface area contributed by atoms with Gasteiger partial charge in [-0.3, -0.25) is 9.80 Å². The molecule has 2 fully saturated rings. The summed E-state index contributed by atoms with van der Waals surface area (Å²) in [4.78, 5) is 24.4. The Kier molecular flexibility index (Phi) is 9.24. The number of pyridine rings is 1. The van der Waals surface area contributed by atoms with Crippen LogP contribution in [0.15, 0.2) is 66.9 Å². The van der Waals surface area contributed by atoms with Gasteiger partial charge < -0.3 is 15.5 Å². The van der Waals surface area contributed by atoms with E-state index in [9.17, 15) is 4.79 Å². The SMILES string of the molecule is C[C@H]1CN(c2ncc(NC(=O)NCc3ccccc3)cc2Cl)CCN1C1CCN(Cc2ccc(Cl)cc2)CC1. The highest BCUT2D eigenvalue weighted by Crippen LogP contribution is 2.30. The number of benzene rings is 2. The number of carbonyl (C=O) groups excluding carboxylic acids is 1. The van der Waals surface area contributed by atoms with Crippen LogP contribution in [0.5, 0.6) is 0 Å². The average molecular weight is 568 g/mol. The molecule has 1 aromatic heterocycles. The number of likely N-dealkylation sites (tertiary alicyclic amines) is 1. The molecule has 2 aromatic carbocycles. The molecule has 0 unspecified atom stereocenters. The van der Waals surface area contributed by atoms with E-state index >= 15 is 0 Å². The van der Waals surface area contributed by atoms with E-state index in [-0.39, 0.29) is 6.03 Å². The highest BCUT2D eigenvalue weighted by Gasteiger charge is 2.32. The van der Waals surface area contributed by atoms with Gasteiger partial charge in [-0.05, 0) is 62.2 Å². The molecule has 2 saturated heterocycles. The van der Waals surface area contributed by atoms with Crippen LogP contribution in [0.3, 0.4) is 0 Å². The van der Waals surface area contributed by atoms with Gasteiger partial charge in [0.05, 0.1) is 16.9 Å². The first-order valence-corrected chi connectivity index (χ1v) is 14.4. The quantitative estimate of drug-likeness (QED) is 0.373. The van der Waals surface area contributed by atoms with Crippen molar-refractivity contribution in [2.45, 2.75) is 44.9 Å². The van der Waals surface area contributed by atoms with Crippen molar-refractivity contribution in [1.29, 1.82) is 0 Å². The summed E-state index contributed by atoms with van der Waals surface area (Å²) in [7, 11) is 0. The van der Waals surface area contributed by atoms with Crippen LogP contribution in [0.1, 0.15) is 30.9 Å². The number of nitrogens with zero attached hydrogens (tertiary/aromatic N) is 4. The van der Waals surface area contributed by atoms with Crippen molar-refractivity contribution in [2.75, 3.05) is 42.9 Å². The van der Waals surface area contributed by atoms with Gasteiger partial charge in [-0.15, -0.1) is 0 Å². The van der Waals surface area contributed by atoms with E-state index in [0.29, 0.717) is 29.3 Å². The van der Waals surface area contributed by atoms with Crippen LogP contribution in [0.4, 0.5) is 16.3 Å². The molecule has 5 rings (SSSR count). The fourth-order valence-electron chi connectivity index (χ4n) is 5.65. The lowest BCUT2D eigenvalue weighted by Crippen LogP contribution is -2.57. The van der Waals surface area contributed by atoms with E-state index in [1.54, 1.807) is 12.3 Å². The molecule has 3 heterocycles. The number of hydrogen-bond donors (Lipinski definition) is 2. The number of aromatic nitrogens is 1. The first-order valence-electron chi connectivity index (χ1n) is 13.7. The zero-order chi connectivity index (χ0) is 27.2. The highest BCUT2D eigenvalue weighted by atomic mass is 35.5. The summed E-state index contributed by atoms with van der Waals surface area (Å²) in [5.74, 6) is 0.774. The Morgan fingerprint density at radius 1 is 0.974 bits per heavy atom. The predicted molar refractivity (Wildman–Crippen MR) is 160 cm³/mol. The Morgan fingerprint density at radius 2 is 1.72 bits per heavy atom. The molecule has 0 saturated carbocycles. The molecule has 1 atom stereocenters. The fourth-order valence-corrected chi connectivity index (χ4v) is 6.06. The van der Waals surface area contributed by atoms with Gasteiger partial charge in [0.1, 0.15) is 5.82 Å². The third kappa shape index (κ3) is 7.42. The lowest BCUT2D eigenvalue weighted by molar-refractivity contribution is 0.0690. The molecule has 3 aromatic rings. The molecule has 39 heavy (non-hydrogen) atoms. The molecular formula is C30H36Cl2N6O. The highest BCUT2D eigenvalue weighted by molar-refractivity contribution is 6.33. The van der Waals surface area contributed by atoms with Crippen molar-refractivity contribution in [3.63, 3.8) is 0 Å². The molecule has 2 aliphatic rings. The zero-order valence-corrected chi connectivity index (χ0v) is 23.8. The van der Waals surface area contributed by atoms with Crippen molar-refractivity contribution in [2.24, 2.45) is 0 Å². The summed E-state index contributed by atoms with van der Waals surface area (Å²) in [6.07, 6.45) is 4.05. The number of carbonyl (C=O) groups is 1. The summed E-state index contributed by atoms with van der Waals surface area (Å²) in [5.41, 5.74) is 2.93. The monoisotopic (exact) mass is 566 g/mol. The van der Waals surface area contributed by atoms with Crippen molar-refractivity contribution >= 4 is 40.7 Å². The second kappa shape index (κ2) is 13.0. The van der Waals surface area contributed by atoms with E-state index < -0.39 is 0 Å². The number of hydrogen-bond acceptors (Lipinski definition) is 5. The van der Waals surface area contributed by atoms with Gasteiger partial charge in [0.25, 0.3) is 0 Å². The summed E-state index contributed by atoms with van der Waals surface area (Å²) in [5, 5.41) is 7.02. The lowest BCUT2D eigenvalue weighted by Gasteiger charge is -2.47. The molecule has 7 nitrogen and oxygen atoms in total. The topological polar surface area (TPSA) is 63.7 Å². The number of piperazine rings is 1. The maximum atomic E-state index is 12.3. The third-order valence-electron chi connectivity index (χ3n) is 7.70.